The quantitative estimate of drug-likeness (QED) is 0.550. The van der Waals surface area contributed by atoms with E-state index in [2.05, 4.69) is 27.7 Å². The SMILES string of the molecule is CCCCCCC1(O)CC[C@H]2[C@@H]3CCC4=CC(=O)CC(C)[C@]4(C)[C@@H]3CC[C@@]21C. The number of hydrogen-bond acceptors (Lipinski definition) is 2. The van der Waals surface area contributed by atoms with E-state index in [0.717, 1.165) is 31.6 Å². The van der Waals surface area contributed by atoms with E-state index in [1.165, 1.54) is 56.9 Å². The Balaban J connectivity index is 1.56. The van der Waals surface area contributed by atoms with Gasteiger partial charge in [0, 0.05) is 6.42 Å². The Morgan fingerprint density at radius 1 is 1.07 bits per heavy atom. The topological polar surface area (TPSA) is 37.3 Å². The first-order valence-corrected chi connectivity index (χ1v) is 12.2. The summed E-state index contributed by atoms with van der Waals surface area (Å²) in [4.78, 5) is 12.2. The third-order valence-electron chi connectivity index (χ3n) is 10.3. The number of carbonyl (C=O) groups excluding carboxylic acids is 1. The molecule has 28 heavy (non-hydrogen) atoms. The van der Waals surface area contributed by atoms with Crippen molar-refractivity contribution < 1.29 is 9.90 Å². The van der Waals surface area contributed by atoms with Crippen LogP contribution < -0.4 is 0 Å². The van der Waals surface area contributed by atoms with Crippen molar-refractivity contribution in [3.63, 3.8) is 0 Å². The average molecular weight is 387 g/mol. The average Bonchev–Trinajstić information content (AvgIpc) is 2.92. The molecular formula is C26H42O2. The van der Waals surface area contributed by atoms with Crippen LogP contribution in [0.4, 0.5) is 0 Å². The van der Waals surface area contributed by atoms with Crippen LogP contribution in [0.15, 0.2) is 11.6 Å². The Hall–Kier alpha value is -0.630. The standard InChI is InChI=1S/C26H42O2/c1-5-6-7-8-13-26(28)15-12-22-21-10-9-19-17-20(27)16-18(2)25(19,4)23(21)11-14-24(22,26)3/h17-18,21-23,28H,5-16H2,1-4H3/t18?,21-,22-,23+,24-,25-,26?/m0/s1. The maximum absolute atomic E-state index is 12.2. The maximum Gasteiger partial charge on any atom is 0.155 e. The number of rotatable bonds is 5. The van der Waals surface area contributed by atoms with Crippen LogP contribution in [0.2, 0.25) is 0 Å². The number of hydrogen-bond donors (Lipinski definition) is 1. The number of fused-ring (bicyclic) bond motifs is 5. The van der Waals surface area contributed by atoms with Gasteiger partial charge in [0.25, 0.3) is 0 Å². The second kappa shape index (κ2) is 7.25. The molecule has 0 heterocycles. The Morgan fingerprint density at radius 3 is 2.57 bits per heavy atom. The molecule has 0 aromatic heterocycles. The zero-order chi connectivity index (χ0) is 20.2. The minimum absolute atomic E-state index is 0.103. The predicted octanol–water partition coefficient (Wildman–Crippen LogP) is 6.47. The van der Waals surface area contributed by atoms with E-state index in [1.807, 2.05) is 6.08 Å². The van der Waals surface area contributed by atoms with Crippen molar-refractivity contribution in [1.29, 1.82) is 0 Å². The highest BCUT2D eigenvalue weighted by Gasteiger charge is 2.64. The van der Waals surface area contributed by atoms with Gasteiger partial charge < -0.3 is 5.11 Å². The van der Waals surface area contributed by atoms with E-state index < -0.39 is 5.60 Å². The molecular weight excluding hydrogens is 344 g/mol. The number of aliphatic hydroxyl groups is 1. The van der Waals surface area contributed by atoms with E-state index in [9.17, 15) is 9.90 Å². The minimum atomic E-state index is -0.443. The Morgan fingerprint density at radius 2 is 1.82 bits per heavy atom. The highest BCUT2D eigenvalue weighted by Crippen LogP contribution is 2.68. The van der Waals surface area contributed by atoms with Gasteiger partial charge in [-0.3, -0.25) is 4.79 Å². The van der Waals surface area contributed by atoms with Crippen LogP contribution in [-0.2, 0) is 4.79 Å². The van der Waals surface area contributed by atoms with Gasteiger partial charge in [0.05, 0.1) is 5.60 Å². The molecule has 0 bridgehead atoms. The first kappa shape index (κ1) is 20.6. The van der Waals surface area contributed by atoms with E-state index in [1.54, 1.807) is 0 Å². The molecule has 0 aromatic carbocycles. The molecule has 7 atom stereocenters. The largest absolute Gasteiger partial charge is 0.389 e. The summed E-state index contributed by atoms with van der Waals surface area (Å²) in [5, 5.41) is 11.8. The van der Waals surface area contributed by atoms with E-state index in [0.29, 0.717) is 23.5 Å². The van der Waals surface area contributed by atoms with Crippen molar-refractivity contribution in [2.24, 2.45) is 34.5 Å². The maximum atomic E-state index is 12.2. The molecule has 0 aliphatic heterocycles. The molecule has 0 aromatic rings. The molecule has 2 nitrogen and oxygen atoms in total. The minimum Gasteiger partial charge on any atom is -0.389 e. The van der Waals surface area contributed by atoms with Crippen LogP contribution in [0, 0.1) is 34.5 Å². The smallest absolute Gasteiger partial charge is 0.155 e. The summed E-state index contributed by atoms with van der Waals surface area (Å²) in [6.45, 7) is 9.48. The summed E-state index contributed by atoms with van der Waals surface area (Å²) in [5.41, 5.74) is 1.32. The fourth-order valence-electron chi connectivity index (χ4n) is 8.31. The van der Waals surface area contributed by atoms with Gasteiger partial charge in [0.1, 0.15) is 0 Å². The first-order chi connectivity index (χ1) is 13.3. The second-order valence-electron chi connectivity index (χ2n) is 11.3. The van der Waals surface area contributed by atoms with Crippen molar-refractivity contribution in [1.82, 2.24) is 0 Å². The summed E-state index contributed by atoms with van der Waals surface area (Å²) in [6, 6.07) is 0. The van der Waals surface area contributed by atoms with Crippen molar-refractivity contribution in [3.05, 3.63) is 11.6 Å². The normalized spacial score (nSPS) is 47.9. The molecule has 158 valence electrons. The van der Waals surface area contributed by atoms with E-state index in [-0.39, 0.29) is 10.8 Å². The summed E-state index contributed by atoms with van der Waals surface area (Å²) in [5.74, 6) is 2.93. The van der Waals surface area contributed by atoms with Gasteiger partial charge in [-0.1, -0.05) is 59.0 Å². The highest BCUT2D eigenvalue weighted by atomic mass is 16.3. The zero-order valence-corrected chi connectivity index (χ0v) is 18.7. The summed E-state index contributed by atoms with van der Waals surface area (Å²) in [7, 11) is 0. The van der Waals surface area contributed by atoms with Crippen LogP contribution in [0.5, 0.6) is 0 Å². The molecule has 2 heteroatoms. The summed E-state index contributed by atoms with van der Waals surface area (Å²) < 4.78 is 0. The lowest BCUT2D eigenvalue weighted by molar-refractivity contribution is -0.138. The van der Waals surface area contributed by atoms with Gasteiger partial charge in [-0.25, -0.2) is 0 Å². The molecule has 1 N–H and O–H groups in total. The van der Waals surface area contributed by atoms with Gasteiger partial charge in [0.15, 0.2) is 5.78 Å². The predicted molar refractivity (Wildman–Crippen MR) is 115 cm³/mol. The molecule has 4 aliphatic rings. The van der Waals surface area contributed by atoms with Gasteiger partial charge in [0.2, 0.25) is 0 Å². The Bertz CT molecular complexity index is 651. The third-order valence-corrected chi connectivity index (χ3v) is 10.3. The van der Waals surface area contributed by atoms with Crippen molar-refractivity contribution >= 4 is 5.78 Å². The van der Waals surface area contributed by atoms with Gasteiger partial charge >= 0.3 is 0 Å². The van der Waals surface area contributed by atoms with Crippen molar-refractivity contribution in [2.45, 2.75) is 110 Å². The first-order valence-electron chi connectivity index (χ1n) is 12.2. The van der Waals surface area contributed by atoms with Crippen LogP contribution in [0.3, 0.4) is 0 Å². The van der Waals surface area contributed by atoms with Gasteiger partial charge in [-0.15, -0.1) is 0 Å². The molecule has 4 rings (SSSR count). The number of unbranched alkanes of at least 4 members (excludes halogenated alkanes) is 3. The van der Waals surface area contributed by atoms with Crippen molar-refractivity contribution in [3.8, 4) is 0 Å². The third kappa shape index (κ3) is 2.88. The highest BCUT2D eigenvalue weighted by molar-refractivity contribution is 5.92. The fourth-order valence-corrected chi connectivity index (χ4v) is 8.31. The molecule has 0 radical (unpaired) electrons. The van der Waals surface area contributed by atoms with Crippen molar-refractivity contribution in [2.75, 3.05) is 0 Å². The van der Waals surface area contributed by atoms with Crippen LogP contribution >= 0.6 is 0 Å². The summed E-state index contributed by atoms with van der Waals surface area (Å²) >= 11 is 0. The molecule has 0 amide bonds. The number of carbonyl (C=O) groups is 1. The lowest BCUT2D eigenvalue weighted by atomic mass is 9.44. The molecule has 3 fully saturated rings. The van der Waals surface area contributed by atoms with Gasteiger partial charge in [-0.2, -0.15) is 0 Å². The molecule has 0 spiro atoms. The van der Waals surface area contributed by atoms with E-state index >= 15 is 0 Å². The van der Waals surface area contributed by atoms with Crippen LogP contribution in [-0.4, -0.2) is 16.5 Å². The lowest BCUT2D eigenvalue weighted by Gasteiger charge is -2.60. The second-order valence-corrected chi connectivity index (χ2v) is 11.3. The number of ketones is 1. The van der Waals surface area contributed by atoms with Gasteiger partial charge in [-0.05, 0) is 85.5 Å². The number of allylic oxidation sites excluding steroid dienone is 1. The molecule has 4 aliphatic carbocycles. The molecule has 2 unspecified atom stereocenters. The zero-order valence-electron chi connectivity index (χ0n) is 18.7. The fraction of sp³-hybridized carbons (Fsp3) is 0.885. The Kier molecular flexibility index (Phi) is 5.35. The molecule has 0 saturated heterocycles. The Labute approximate surface area is 172 Å². The summed E-state index contributed by atoms with van der Waals surface area (Å²) in [6.07, 6.45) is 15.7. The van der Waals surface area contributed by atoms with E-state index in [4.69, 9.17) is 0 Å². The van der Waals surface area contributed by atoms with Crippen LogP contribution in [0.1, 0.15) is 105 Å². The van der Waals surface area contributed by atoms with Crippen LogP contribution in [0.25, 0.3) is 0 Å². The lowest BCUT2D eigenvalue weighted by Crippen LogP contribution is -2.56. The molecule has 3 saturated carbocycles. The monoisotopic (exact) mass is 386 g/mol.